The average Bonchev–Trinajstić information content (AvgIpc) is 3.29. The molecule has 8 heteroatoms. The fourth-order valence-corrected chi connectivity index (χ4v) is 3.11. The molecule has 26 heavy (non-hydrogen) atoms. The molecule has 0 aliphatic carbocycles. The van der Waals surface area contributed by atoms with E-state index in [2.05, 4.69) is 15.5 Å². The highest BCUT2D eigenvalue weighted by molar-refractivity contribution is 6.00. The van der Waals surface area contributed by atoms with Crippen molar-refractivity contribution in [1.29, 1.82) is 0 Å². The number of nitrogens with one attached hydrogen (secondary N) is 1. The van der Waals surface area contributed by atoms with Crippen molar-refractivity contribution in [2.45, 2.75) is 32.4 Å². The molecule has 0 bridgehead atoms. The Hall–Kier alpha value is -2.90. The molecule has 8 nitrogen and oxygen atoms in total. The van der Waals surface area contributed by atoms with Crippen molar-refractivity contribution < 1.29 is 14.3 Å². The number of hydrogen-bond donors (Lipinski definition) is 1. The van der Waals surface area contributed by atoms with Gasteiger partial charge in [0, 0.05) is 13.6 Å². The van der Waals surface area contributed by atoms with E-state index in [9.17, 15) is 9.59 Å². The molecule has 0 radical (unpaired) electrons. The number of amides is 2. The number of para-hydroxylation sites is 1. The summed E-state index contributed by atoms with van der Waals surface area (Å²) in [7, 11) is 1.82. The van der Waals surface area contributed by atoms with Crippen molar-refractivity contribution in [3.63, 3.8) is 0 Å². The number of ether oxygens (including phenoxy) is 1. The number of nitrogens with zero attached hydrogens (tertiary/aromatic N) is 4. The van der Waals surface area contributed by atoms with Crippen molar-refractivity contribution in [2.75, 3.05) is 13.2 Å². The van der Waals surface area contributed by atoms with Crippen LogP contribution in [0.25, 0.3) is 0 Å². The Morgan fingerprint density at radius 3 is 2.88 bits per heavy atom. The molecular formula is C18H23N5O3. The first-order valence-corrected chi connectivity index (χ1v) is 8.75. The number of hydrogen-bond acceptors (Lipinski definition) is 5. The molecule has 1 saturated heterocycles. The third-order valence-corrected chi connectivity index (χ3v) is 4.46. The van der Waals surface area contributed by atoms with Crippen molar-refractivity contribution in [1.82, 2.24) is 25.0 Å². The van der Waals surface area contributed by atoms with Gasteiger partial charge in [-0.25, -0.2) is 0 Å². The van der Waals surface area contributed by atoms with Gasteiger partial charge in [0.15, 0.2) is 5.82 Å². The molecule has 138 valence electrons. The van der Waals surface area contributed by atoms with Gasteiger partial charge in [0.25, 0.3) is 5.91 Å². The summed E-state index contributed by atoms with van der Waals surface area (Å²) < 4.78 is 7.30. The maximum Gasteiger partial charge on any atom is 0.258 e. The number of rotatable bonds is 6. The minimum Gasteiger partial charge on any atom is -0.493 e. The summed E-state index contributed by atoms with van der Waals surface area (Å²) in [6.45, 7) is 3.19. The molecule has 1 N–H and O–H groups in total. The van der Waals surface area contributed by atoms with Gasteiger partial charge in [0.2, 0.25) is 5.91 Å². The monoisotopic (exact) mass is 357 g/mol. The van der Waals surface area contributed by atoms with Gasteiger partial charge < -0.3 is 19.5 Å². The van der Waals surface area contributed by atoms with E-state index >= 15 is 0 Å². The Balaban J connectivity index is 1.70. The van der Waals surface area contributed by atoms with Gasteiger partial charge in [-0.1, -0.05) is 12.1 Å². The van der Waals surface area contributed by atoms with Crippen molar-refractivity contribution >= 4 is 11.8 Å². The van der Waals surface area contributed by atoms with Gasteiger partial charge in [-0.2, -0.15) is 0 Å². The molecule has 0 spiro atoms. The normalized spacial score (nSPS) is 16.5. The molecule has 1 unspecified atom stereocenters. The molecule has 0 saturated carbocycles. The molecule has 2 aromatic rings. The molecular weight excluding hydrogens is 334 g/mol. The van der Waals surface area contributed by atoms with Crippen LogP contribution in [0.5, 0.6) is 5.75 Å². The first kappa shape index (κ1) is 17.9. The lowest BCUT2D eigenvalue weighted by Gasteiger charge is -2.24. The maximum absolute atomic E-state index is 13.0. The fourth-order valence-electron chi connectivity index (χ4n) is 3.11. The summed E-state index contributed by atoms with van der Waals surface area (Å²) in [6.07, 6.45) is 3.02. The quantitative estimate of drug-likeness (QED) is 0.837. The lowest BCUT2D eigenvalue weighted by atomic mass is 10.1. The van der Waals surface area contributed by atoms with Crippen molar-refractivity contribution in [3.05, 3.63) is 42.0 Å². The van der Waals surface area contributed by atoms with Crippen LogP contribution < -0.4 is 10.1 Å². The van der Waals surface area contributed by atoms with Gasteiger partial charge in [0.05, 0.1) is 18.7 Å². The number of benzene rings is 1. The van der Waals surface area contributed by atoms with E-state index in [1.807, 2.05) is 20.0 Å². The van der Waals surface area contributed by atoms with Crippen LogP contribution in [0, 0.1) is 0 Å². The Morgan fingerprint density at radius 2 is 2.15 bits per heavy atom. The second-order valence-electron chi connectivity index (χ2n) is 6.16. The Kier molecular flexibility index (Phi) is 5.50. The lowest BCUT2D eigenvalue weighted by Crippen LogP contribution is -2.46. The van der Waals surface area contributed by atoms with Crippen LogP contribution in [0.15, 0.2) is 30.6 Å². The van der Waals surface area contributed by atoms with Crippen LogP contribution in [0.1, 0.15) is 35.9 Å². The summed E-state index contributed by atoms with van der Waals surface area (Å²) in [5.74, 6) is 0.860. The fraction of sp³-hybridized carbons (Fsp3) is 0.444. The molecule has 1 fully saturated rings. The molecule has 2 amide bonds. The van der Waals surface area contributed by atoms with Crippen molar-refractivity contribution in [3.8, 4) is 5.75 Å². The largest absolute Gasteiger partial charge is 0.493 e. The molecule has 3 rings (SSSR count). The minimum atomic E-state index is -0.481. The molecule has 2 heterocycles. The highest BCUT2D eigenvalue weighted by Gasteiger charge is 2.35. The van der Waals surface area contributed by atoms with Crippen LogP contribution in [0.4, 0.5) is 0 Å². The number of carbonyl (C=O) groups excluding carboxylic acids is 2. The van der Waals surface area contributed by atoms with Gasteiger partial charge in [-0.15, -0.1) is 10.2 Å². The zero-order valence-corrected chi connectivity index (χ0v) is 15.0. The number of carbonyl (C=O) groups is 2. The highest BCUT2D eigenvalue weighted by Crippen LogP contribution is 2.25. The third kappa shape index (κ3) is 3.68. The lowest BCUT2D eigenvalue weighted by molar-refractivity contribution is -0.125. The molecule has 1 aromatic heterocycles. The summed E-state index contributed by atoms with van der Waals surface area (Å²) in [5, 5.41) is 10.6. The number of aromatic nitrogens is 3. The topological polar surface area (TPSA) is 89.3 Å². The predicted molar refractivity (Wildman–Crippen MR) is 94.5 cm³/mol. The van der Waals surface area contributed by atoms with E-state index in [1.165, 1.54) is 0 Å². The van der Waals surface area contributed by atoms with Crippen LogP contribution in [-0.4, -0.2) is 50.7 Å². The van der Waals surface area contributed by atoms with Gasteiger partial charge in [0.1, 0.15) is 18.1 Å². The zero-order valence-electron chi connectivity index (χ0n) is 15.0. The third-order valence-electron chi connectivity index (χ3n) is 4.46. The number of likely N-dealkylation sites (tertiary alicyclic amines) is 1. The van der Waals surface area contributed by atoms with Crippen LogP contribution >= 0.6 is 0 Å². The van der Waals surface area contributed by atoms with E-state index in [4.69, 9.17) is 4.74 Å². The van der Waals surface area contributed by atoms with Crippen molar-refractivity contribution in [2.24, 2.45) is 7.05 Å². The van der Waals surface area contributed by atoms with E-state index in [0.717, 1.165) is 6.42 Å². The highest BCUT2D eigenvalue weighted by atomic mass is 16.5. The van der Waals surface area contributed by atoms with Crippen LogP contribution in [-0.2, 0) is 18.4 Å². The SMILES string of the molecule is CCOc1ccccc1C(=O)N1CCCC1C(=O)NCc1nncn1C. The van der Waals surface area contributed by atoms with Gasteiger partial charge in [-0.3, -0.25) is 9.59 Å². The molecule has 1 aliphatic heterocycles. The maximum atomic E-state index is 13.0. The van der Waals surface area contributed by atoms with Gasteiger partial charge >= 0.3 is 0 Å². The van der Waals surface area contributed by atoms with Crippen LogP contribution in [0.3, 0.4) is 0 Å². The summed E-state index contributed by atoms with van der Waals surface area (Å²) in [4.78, 5) is 27.2. The second kappa shape index (κ2) is 7.99. The van der Waals surface area contributed by atoms with E-state index in [-0.39, 0.29) is 18.4 Å². The smallest absolute Gasteiger partial charge is 0.258 e. The Bertz CT molecular complexity index is 789. The minimum absolute atomic E-state index is 0.173. The first-order valence-electron chi connectivity index (χ1n) is 8.75. The second-order valence-corrected chi connectivity index (χ2v) is 6.16. The van der Waals surface area contributed by atoms with Crippen LogP contribution in [0.2, 0.25) is 0 Å². The predicted octanol–water partition coefficient (Wildman–Crippen LogP) is 1.13. The standard InChI is InChI=1S/C18H23N5O3/c1-3-26-15-9-5-4-7-13(15)18(25)23-10-6-8-14(23)17(24)19-11-16-21-20-12-22(16)2/h4-5,7,9,12,14H,3,6,8,10-11H2,1-2H3,(H,19,24). The molecule has 1 atom stereocenters. The molecule has 1 aromatic carbocycles. The van der Waals surface area contributed by atoms with E-state index < -0.39 is 6.04 Å². The van der Waals surface area contributed by atoms with E-state index in [1.54, 1.807) is 34.0 Å². The Labute approximate surface area is 152 Å². The Morgan fingerprint density at radius 1 is 1.35 bits per heavy atom. The number of aryl methyl sites for hydroxylation is 1. The summed E-state index contributed by atoms with van der Waals surface area (Å²) in [6, 6.07) is 6.66. The van der Waals surface area contributed by atoms with Gasteiger partial charge in [-0.05, 0) is 31.9 Å². The molecule has 1 aliphatic rings. The first-order chi connectivity index (χ1) is 12.6. The summed E-state index contributed by atoms with van der Waals surface area (Å²) in [5.41, 5.74) is 0.488. The van der Waals surface area contributed by atoms with E-state index in [0.29, 0.717) is 36.7 Å². The summed E-state index contributed by atoms with van der Waals surface area (Å²) >= 11 is 0. The average molecular weight is 357 g/mol. The zero-order chi connectivity index (χ0) is 18.5.